The highest BCUT2D eigenvalue weighted by atomic mass is 16.7. The molecule has 39 heavy (non-hydrogen) atoms. The molecule has 0 aromatic heterocycles. The summed E-state index contributed by atoms with van der Waals surface area (Å²) in [6.07, 6.45) is 16.8. The van der Waals surface area contributed by atoms with Gasteiger partial charge in [0.25, 0.3) is 0 Å². The molecule has 0 amide bonds. The second-order valence-electron chi connectivity index (χ2n) is 11.7. The third kappa shape index (κ3) is 13.0. The number of carbonyl (C=O) groups is 1. The molecule has 4 nitrogen and oxygen atoms in total. The molecule has 218 valence electrons. The highest BCUT2D eigenvalue weighted by molar-refractivity contribution is 5.74. The molecule has 0 bridgehead atoms. The SMILES string of the molecule is CCCCCCCCCCCCCc1ccccc1OC(C)OC(=O)C(CCC)[N+](C)(C)Cc1ccccc1. The first-order valence-electron chi connectivity index (χ1n) is 15.7. The van der Waals surface area contributed by atoms with Gasteiger partial charge in [0, 0.05) is 18.9 Å². The molecule has 0 saturated heterocycles. The molecule has 2 aromatic rings. The summed E-state index contributed by atoms with van der Waals surface area (Å²) in [6, 6.07) is 18.3. The van der Waals surface area contributed by atoms with Crippen molar-refractivity contribution in [3.05, 3.63) is 65.7 Å². The van der Waals surface area contributed by atoms with Gasteiger partial charge >= 0.3 is 5.97 Å². The maximum Gasteiger partial charge on any atom is 0.368 e. The maximum atomic E-state index is 13.3. The number of hydrogen-bond acceptors (Lipinski definition) is 3. The van der Waals surface area contributed by atoms with Crippen molar-refractivity contribution in [3.63, 3.8) is 0 Å². The van der Waals surface area contributed by atoms with E-state index in [9.17, 15) is 4.79 Å². The summed E-state index contributed by atoms with van der Waals surface area (Å²) < 4.78 is 12.6. The van der Waals surface area contributed by atoms with Gasteiger partial charge in [-0.2, -0.15) is 0 Å². The third-order valence-electron chi connectivity index (χ3n) is 7.71. The molecule has 0 aliphatic heterocycles. The number of nitrogens with zero attached hydrogens (tertiary/aromatic N) is 1. The smallest absolute Gasteiger partial charge is 0.368 e. The summed E-state index contributed by atoms with van der Waals surface area (Å²) in [5.74, 6) is 0.642. The van der Waals surface area contributed by atoms with Crippen LogP contribution in [-0.4, -0.2) is 36.9 Å². The number of carbonyl (C=O) groups excluding carboxylic acids is 1. The lowest BCUT2D eigenvalue weighted by atomic mass is 10.0. The van der Waals surface area contributed by atoms with Crippen LogP contribution >= 0.6 is 0 Å². The van der Waals surface area contributed by atoms with Crippen LogP contribution in [0, 0.1) is 0 Å². The van der Waals surface area contributed by atoms with Crippen molar-refractivity contribution >= 4 is 5.97 Å². The lowest BCUT2D eigenvalue weighted by Crippen LogP contribution is -2.53. The van der Waals surface area contributed by atoms with Crippen LogP contribution in [0.4, 0.5) is 0 Å². The molecule has 0 fully saturated rings. The Labute approximate surface area is 239 Å². The summed E-state index contributed by atoms with van der Waals surface area (Å²) >= 11 is 0. The number of hydrogen-bond donors (Lipinski definition) is 0. The lowest BCUT2D eigenvalue weighted by molar-refractivity contribution is -0.920. The minimum absolute atomic E-state index is 0.187. The molecule has 2 rings (SSSR count). The number of para-hydroxylation sites is 1. The van der Waals surface area contributed by atoms with E-state index in [0.717, 1.165) is 38.0 Å². The van der Waals surface area contributed by atoms with Crippen LogP contribution in [0.3, 0.4) is 0 Å². The number of unbranched alkanes of at least 4 members (excludes halogenated alkanes) is 10. The fourth-order valence-electron chi connectivity index (χ4n) is 5.44. The quantitative estimate of drug-likeness (QED) is 0.0687. The van der Waals surface area contributed by atoms with E-state index in [2.05, 4.69) is 52.2 Å². The highest BCUT2D eigenvalue weighted by Crippen LogP contribution is 2.24. The average molecular weight is 539 g/mol. The third-order valence-corrected chi connectivity index (χ3v) is 7.71. The van der Waals surface area contributed by atoms with Crippen molar-refractivity contribution in [1.29, 1.82) is 0 Å². The van der Waals surface area contributed by atoms with E-state index in [1.165, 1.54) is 75.3 Å². The normalized spacial score (nSPS) is 13.2. The van der Waals surface area contributed by atoms with Crippen LogP contribution in [0.2, 0.25) is 0 Å². The average Bonchev–Trinajstić information content (AvgIpc) is 2.91. The molecular weight excluding hydrogens is 482 g/mol. The molecule has 0 N–H and O–H groups in total. The summed E-state index contributed by atoms with van der Waals surface area (Å²) in [5.41, 5.74) is 2.42. The number of rotatable bonds is 21. The van der Waals surface area contributed by atoms with Crippen LogP contribution in [0.15, 0.2) is 54.6 Å². The second kappa shape index (κ2) is 18.9. The number of ether oxygens (including phenoxy) is 2. The van der Waals surface area contributed by atoms with Gasteiger partial charge in [0.05, 0.1) is 14.1 Å². The monoisotopic (exact) mass is 538 g/mol. The predicted molar refractivity (Wildman–Crippen MR) is 164 cm³/mol. The molecule has 0 radical (unpaired) electrons. The summed E-state index contributed by atoms with van der Waals surface area (Å²) in [5, 5.41) is 0. The highest BCUT2D eigenvalue weighted by Gasteiger charge is 2.36. The van der Waals surface area contributed by atoms with E-state index < -0.39 is 6.29 Å². The minimum atomic E-state index is -0.632. The van der Waals surface area contributed by atoms with Gasteiger partial charge in [0.2, 0.25) is 6.29 Å². The standard InChI is InChI=1S/C35H56NO3/c1-6-8-9-10-11-12-13-14-15-16-20-26-32-27-21-22-28-34(32)38-30(3)39-35(37)33(23-7-2)36(4,5)29-31-24-18-17-19-25-31/h17-19,21-22,24-25,27-28,30,33H,6-16,20,23,26,29H2,1-5H3/q+1. The zero-order valence-corrected chi connectivity index (χ0v) is 25.6. The van der Waals surface area contributed by atoms with Crippen LogP contribution in [-0.2, 0) is 22.5 Å². The van der Waals surface area contributed by atoms with Gasteiger partial charge in [-0.3, -0.25) is 0 Å². The topological polar surface area (TPSA) is 35.5 Å². The summed E-state index contributed by atoms with van der Waals surface area (Å²) in [6.45, 7) is 7.00. The first-order valence-corrected chi connectivity index (χ1v) is 15.7. The molecular formula is C35H56NO3+. The number of esters is 1. The first-order chi connectivity index (χ1) is 18.9. The molecule has 2 atom stereocenters. The lowest BCUT2D eigenvalue weighted by Gasteiger charge is -2.37. The van der Waals surface area contributed by atoms with Gasteiger partial charge in [-0.15, -0.1) is 0 Å². The van der Waals surface area contributed by atoms with Gasteiger partial charge in [-0.05, 0) is 30.9 Å². The minimum Gasteiger partial charge on any atom is -0.455 e. The Balaban J connectivity index is 1.80. The van der Waals surface area contributed by atoms with E-state index in [1.807, 2.05) is 37.3 Å². The van der Waals surface area contributed by atoms with Crippen LogP contribution in [0.1, 0.15) is 115 Å². The van der Waals surface area contributed by atoms with Crippen molar-refractivity contribution < 1.29 is 18.8 Å². The van der Waals surface area contributed by atoms with Gasteiger partial charge < -0.3 is 14.0 Å². The van der Waals surface area contributed by atoms with Crippen molar-refractivity contribution in [1.82, 2.24) is 0 Å². The van der Waals surface area contributed by atoms with Gasteiger partial charge in [0.1, 0.15) is 12.3 Å². The van der Waals surface area contributed by atoms with E-state index in [4.69, 9.17) is 9.47 Å². The van der Waals surface area contributed by atoms with Crippen LogP contribution in [0.5, 0.6) is 5.75 Å². The van der Waals surface area contributed by atoms with Gasteiger partial charge in [0.15, 0.2) is 6.04 Å². The van der Waals surface area contributed by atoms with E-state index in [-0.39, 0.29) is 12.0 Å². The van der Waals surface area contributed by atoms with Crippen molar-refractivity contribution in [2.45, 2.75) is 130 Å². The zero-order valence-electron chi connectivity index (χ0n) is 25.6. The largest absolute Gasteiger partial charge is 0.455 e. The summed E-state index contributed by atoms with van der Waals surface area (Å²) in [4.78, 5) is 13.3. The van der Waals surface area contributed by atoms with Crippen LogP contribution in [0.25, 0.3) is 0 Å². The Morgan fingerprint density at radius 3 is 1.92 bits per heavy atom. The van der Waals surface area contributed by atoms with Crippen molar-refractivity contribution in [2.24, 2.45) is 0 Å². The fraction of sp³-hybridized carbons (Fsp3) is 0.629. The maximum absolute atomic E-state index is 13.3. The van der Waals surface area contributed by atoms with E-state index in [0.29, 0.717) is 4.48 Å². The number of quaternary nitrogens is 1. The number of aryl methyl sites for hydroxylation is 1. The van der Waals surface area contributed by atoms with Crippen LogP contribution < -0.4 is 4.74 Å². The molecule has 2 aromatic carbocycles. The summed E-state index contributed by atoms with van der Waals surface area (Å²) in [7, 11) is 4.23. The van der Waals surface area contributed by atoms with Crippen molar-refractivity contribution in [3.8, 4) is 5.75 Å². The molecule has 0 aliphatic rings. The first kappa shape index (κ1) is 32.9. The Kier molecular flexibility index (Phi) is 15.9. The predicted octanol–water partition coefficient (Wildman–Crippen LogP) is 9.25. The number of benzene rings is 2. The zero-order chi connectivity index (χ0) is 28.3. The molecule has 4 heteroatoms. The fourth-order valence-corrected chi connectivity index (χ4v) is 5.44. The Hall–Kier alpha value is -2.33. The van der Waals surface area contributed by atoms with E-state index in [1.54, 1.807) is 0 Å². The second-order valence-corrected chi connectivity index (χ2v) is 11.7. The Morgan fingerprint density at radius 2 is 1.31 bits per heavy atom. The molecule has 2 unspecified atom stereocenters. The Bertz CT molecular complexity index is 911. The molecule has 0 saturated carbocycles. The van der Waals surface area contributed by atoms with Gasteiger partial charge in [-0.25, -0.2) is 4.79 Å². The van der Waals surface area contributed by atoms with Crippen molar-refractivity contribution in [2.75, 3.05) is 14.1 Å². The Morgan fingerprint density at radius 1 is 0.744 bits per heavy atom. The molecule has 0 spiro atoms. The molecule has 0 heterocycles. The van der Waals surface area contributed by atoms with Gasteiger partial charge in [-0.1, -0.05) is 127 Å². The van der Waals surface area contributed by atoms with E-state index >= 15 is 0 Å². The molecule has 0 aliphatic carbocycles. The number of likely N-dealkylation sites (N-methyl/N-ethyl adjacent to an activating group) is 1.